The van der Waals surface area contributed by atoms with E-state index in [0.717, 1.165) is 212 Å². The Kier molecular flexibility index (Phi) is 74.9. The van der Waals surface area contributed by atoms with Crippen LogP contribution in [0.5, 0.6) is 0 Å². The van der Waals surface area contributed by atoms with Crippen LogP contribution in [0.25, 0.3) is 0 Å². The largest absolute Gasteiger partial charge is 0.464 e. The van der Waals surface area contributed by atoms with Crippen molar-refractivity contribution in [2.45, 2.75) is 360 Å². The van der Waals surface area contributed by atoms with Gasteiger partial charge in [0.05, 0.1) is 18.3 Å². The Hall–Kier alpha value is -2.59. The predicted octanol–water partition coefficient (Wildman–Crippen LogP) is 23.6. The molecule has 0 radical (unpaired) electrons. The molecule has 0 aromatic heterocycles. The third-order valence-electron chi connectivity index (χ3n) is 19.5. The molecule has 4 unspecified atom stereocenters. The van der Waals surface area contributed by atoms with Crippen LogP contribution in [0.2, 0.25) is 0 Å². The van der Waals surface area contributed by atoms with Gasteiger partial charge in [0.15, 0.2) is 0 Å². The van der Waals surface area contributed by atoms with Gasteiger partial charge in [0, 0.05) is 83.4 Å². The number of piperazine rings is 1. The normalized spacial score (nSPS) is 15.1. The molecule has 101 heavy (non-hydrogen) atoms. The summed E-state index contributed by atoms with van der Waals surface area (Å²) in [7, 11) is 3.93. The summed E-state index contributed by atoms with van der Waals surface area (Å²) in [5.41, 5.74) is 0. The zero-order valence-electron chi connectivity index (χ0n) is 66.2. The number of unbranched alkanes of at least 4 members (excludes halogenated alkanes) is 29. The van der Waals surface area contributed by atoms with Gasteiger partial charge in [-0.1, -0.05) is 280 Å². The van der Waals surface area contributed by atoms with Crippen molar-refractivity contribution in [3.8, 4) is 0 Å². The molecule has 0 bridgehead atoms. The van der Waals surface area contributed by atoms with Crippen LogP contribution < -0.4 is 0 Å². The standard InChI is InChI=1S/C88H161N5O6S2/c1-5-9-13-17-21-25-29-33-37-41-45-49-53-57-64-84(89-98)80-92(81-85(94)65-58-54-50-46-42-38-34-30-26-22-18-14-10-6-2)69-62-61-68-88(97)99-77-75-90-71-73-91(74-72-90)76-79-101-100-78-63-70-93(82-86(95)66-59-55-51-47-43-39-35-31-27-23-19-15-11-7-3)83-87(96)67-60-56-52-48-44-40-36-32-28-24-20-16-12-8-4/h21-28,33-40,84-87,94-96H,5-20,29-32,41-83H2,1-4H3/b25-21-,26-22-,27-23-,28-24-,37-33-,38-34-,39-35-,40-36-. The number of nitrogens with zero attached hydrogens (tertiary/aromatic N) is 5. The van der Waals surface area contributed by atoms with E-state index in [1.807, 2.05) is 21.6 Å². The Morgan fingerprint density at radius 1 is 0.376 bits per heavy atom. The van der Waals surface area contributed by atoms with Gasteiger partial charge in [-0.15, -0.1) is 0 Å². The minimum Gasteiger partial charge on any atom is -0.464 e. The lowest BCUT2D eigenvalue weighted by Crippen LogP contribution is -2.47. The molecule has 1 saturated heterocycles. The van der Waals surface area contributed by atoms with Crippen molar-refractivity contribution < 1.29 is 24.9 Å². The summed E-state index contributed by atoms with van der Waals surface area (Å²) in [5, 5.41) is 37.3. The Morgan fingerprint density at radius 3 is 1.06 bits per heavy atom. The van der Waals surface area contributed by atoms with E-state index < -0.39 is 6.10 Å². The number of hydrogen-bond acceptors (Lipinski definition) is 13. The Morgan fingerprint density at radius 2 is 0.693 bits per heavy atom. The topological polar surface area (TPSA) is 129 Å². The average molecular weight is 1450 g/mol. The summed E-state index contributed by atoms with van der Waals surface area (Å²) in [5.74, 6) is 2.00. The molecule has 1 aliphatic heterocycles. The van der Waals surface area contributed by atoms with Crippen molar-refractivity contribution in [1.82, 2.24) is 19.6 Å². The lowest BCUT2D eigenvalue weighted by Gasteiger charge is -2.34. The first-order valence-corrected chi connectivity index (χ1v) is 45.1. The molecule has 1 aliphatic rings. The second-order valence-corrected chi connectivity index (χ2v) is 32.0. The van der Waals surface area contributed by atoms with E-state index in [4.69, 9.17) is 4.74 Å². The van der Waals surface area contributed by atoms with Crippen LogP contribution in [0.3, 0.4) is 0 Å². The van der Waals surface area contributed by atoms with Gasteiger partial charge >= 0.3 is 5.97 Å². The van der Waals surface area contributed by atoms with Crippen molar-refractivity contribution in [2.24, 2.45) is 5.18 Å². The molecule has 1 rings (SSSR count). The van der Waals surface area contributed by atoms with Crippen molar-refractivity contribution in [3.05, 3.63) is 102 Å². The summed E-state index contributed by atoms with van der Waals surface area (Å²) < 4.78 is 5.76. The first kappa shape index (κ1) is 96.4. The highest BCUT2D eigenvalue weighted by atomic mass is 33.1. The van der Waals surface area contributed by atoms with Crippen molar-refractivity contribution >= 4 is 27.6 Å². The van der Waals surface area contributed by atoms with Gasteiger partial charge in [-0.05, 0) is 186 Å². The number of ether oxygens (including phenoxy) is 1. The smallest absolute Gasteiger partial charge is 0.305 e. The third-order valence-corrected chi connectivity index (χ3v) is 22.0. The van der Waals surface area contributed by atoms with E-state index in [1.54, 1.807) is 0 Å². The van der Waals surface area contributed by atoms with Gasteiger partial charge < -0.3 is 20.1 Å². The Bertz CT molecular complexity index is 1960. The maximum atomic E-state index is 13.0. The number of allylic oxidation sites excluding steroid dienone is 16. The van der Waals surface area contributed by atoms with Crippen molar-refractivity contribution in [1.29, 1.82) is 0 Å². The van der Waals surface area contributed by atoms with Gasteiger partial charge in [0.1, 0.15) is 12.6 Å². The van der Waals surface area contributed by atoms with Crippen LogP contribution in [-0.4, -0.2) is 162 Å². The van der Waals surface area contributed by atoms with Gasteiger partial charge in [0.2, 0.25) is 0 Å². The summed E-state index contributed by atoms with van der Waals surface area (Å²) in [4.78, 5) is 34.7. The molecule has 1 fully saturated rings. The first-order valence-electron chi connectivity index (χ1n) is 42.6. The number of aliphatic hydroxyl groups excluding tert-OH is 3. The van der Waals surface area contributed by atoms with E-state index in [0.29, 0.717) is 45.6 Å². The number of hydrogen-bond donors (Lipinski definition) is 3. The molecule has 0 aliphatic carbocycles. The molecule has 0 amide bonds. The highest BCUT2D eigenvalue weighted by Crippen LogP contribution is 2.23. The fourth-order valence-corrected chi connectivity index (χ4v) is 15.1. The average Bonchev–Trinajstić information content (AvgIpc) is 1.17. The minimum absolute atomic E-state index is 0.143. The van der Waals surface area contributed by atoms with E-state index in [2.05, 4.69) is 150 Å². The molecular weight excluding hydrogens is 1290 g/mol. The van der Waals surface area contributed by atoms with E-state index in [-0.39, 0.29) is 24.2 Å². The van der Waals surface area contributed by atoms with Crippen LogP contribution in [0.1, 0.15) is 336 Å². The zero-order chi connectivity index (χ0) is 72.9. The summed E-state index contributed by atoms with van der Waals surface area (Å²) in [6, 6.07) is -0.296. The van der Waals surface area contributed by atoms with E-state index in [9.17, 15) is 25.0 Å². The van der Waals surface area contributed by atoms with Crippen LogP contribution in [0, 0.1) is 4.91 Å². The molecule has 13 heteroatoms. The molecule has 3 N–H and O–H groups in total. The number of carbonyl (C=O) groups is 1. The van der Waals surface area contributed by atoms with Crippen molar-refractivity contribution in [2.75, 3.05) is 96.6 Å². The third kappa shape index (κ3) is 70.2. The van der Waals surface area contributed by atoms with Gasteiger partial charge in [-0.25, -0.2) is 0 Å². The second kappa shape index (κ2) is 78.5. The lowest BCUT2D eigenvalue weighted by molar-refractivity contribution is -0.144. The first-order chi connectivity index (χ1) is 49.7. The molecule has 11 nitrogen and oxygen atoms in total. The quantitative estimate of drug-likeness (QED) is 0.0176. The number of aliphatic hydroxyl groups is 3. The monoisotopic (exact) mass is 1450 g/mol. The minimum atomic E-state index is -0.448. The fourth-order valence-electron chi connectivity index (χ4n) is 13.0. The molecule has 0 aromatic carbocycles. The van der Waals surface area contributed by atoms with Gasteiger partial charge in [0.25, 0.3) is 0 Å². The highest BCUT2D eigenvalue weighted by molar-refractivity contribution is 8.76. The number of carbonyl (C=O) groups excluding carboxylic acids is 1. The molecule has 0 saturated carbocycles. The molecule has 586 valence electrons. The summed E-state index contributed by atoms with van der Waals surface area (Å²) in [6.45, 7) is 19.3. The molecule has 4 atom stereocenters. The van der Waals surface area contributed by atoms with Gasteiger partial charge in [-0.2, -0.15) is 4.91 Å². The number of rotatable bonds is 77. The fraction of sp³-hybridized carbons (Fsp3) is 0.807. The molecular formula is C88H161N5O6S2. The van der Waals surface area contributed by atoms with Crippen LogP contribution in [0.4, 0.5) is 0 Å². The Balaban J connectivity index is 2.50. The molecule has 0 aromatic rings. The number of nitroso groups, excluding NO2 is 1. The molecule has 1 heterocycles. The molecule has 0 spiro atoms. The Labute approximate surface area is 632 Å². The maximum absolute atomic E-state index is 13.0. The van der Waals surface area contributed by atoms with Crippen LogP contribution in [-0.2, 0) is 9.53 Å². The van der Waals surface area contributed by atoms with Gasteiger partial charge in [-0.3, -0.25) is 24.4 Å². The second-order valence-electron chi connectivity index (χ2n) is 29.3. The predicted molar refractivity (Wildman–Crippen MR) is 447 cm³/mol. The number of esters is 1. The maximum Gasteiger partial charge on any atom is 0.305 e. The summed E-state index contributed by atoms with van der Waals surface area (Å²) >= 11 is 0. The SMILES string of the molecule is CCCCC/C=C\C/C=C\CCCCCCC(O)CN(CCCSSCCN1CCN(CCOC(=O)CCCCN(CC(O)CCCCCC/C=C\C/C=C\CCCCC)CC(CCCCCC/C=C\C/C=C\CCCCC)N=O)CC1)CC(O)CCCCCC/C=C\C/C=C\CCCCC. The summed E-state index contributed by atoms with van der Waals surface area (Å²) in [6.07, 6.45) is 89.0. The highest BCUT2D eigenvalue weighted by Gasteiger charge is 2.21. The van der Waals surface area contributed by atoms with Crippen LogP contribution >= 0.6 is 21.6 Å². The lowest BCUT2D eigenvalue weighted by atomic mass is 10.0. The van der Waals surface area contributed by atoms with Crippen LogP contribution in [0.15, 0.2) is 102 Å². The van der Waals surface area contributed by atoms with E-state index >= 15 is 0 Å². The van der Waals surface area contributed by atoms with E-state index in [1.165, 1.54) is 148 Å². The zero-order valence-corrected chi connectivity index (χ0v) is 67.8. The van der Waals surface area contributed by atoms with Crippen molar-refractivity contribution in [3.63, 3.8) is 0 Å².